The van der Waals surface area contributed by atoms with Crippen LogP contribution in [0.5, 0.6) is 5.75 Å². The van der Waals surface area contributed by atoms with Crippen molar-refractivity contribution in [3.8, 4) is 5.75 Å². The van der Waals surface area contributed by atoms with Crippen LogP contribution in [0.2, 0.25) is 0 Å². The second-order valence-electron chi connectivity index (χ2n) is 5.84. The molecule has 3 rings (SSSR count). The molecule has 0 saturated carbocycles. The Morgan fingerprint density at radius 2 is 2.08 bits per heavy atom. The lowest BCUT2D eigenvalue weighted by Crippen LogP contribution is -2.50. The largest absolute Gasteiger partial charge is 0.508 e. The number of urea groups is 1. The quantitative estimate of drug-likeness (QED) is 0.904. The SMILES string of the molecule is CCc1onc(C)c1NC(=O)N1CCN(c2cccc(O)c2)CC1. The van der Waals surface area contributed by atoms with Gasteiger partial charge in [-0.2, -0.15) is 0 Å². The van der Waals surface area contributed by atoms with E-state index in [1.807, 2.05) is 26.0 Å². The summed E-state index contributed by atoms with van der Waals surface area (Å²) in [6.45, 7) is 6.46. The minimum absolute atomic E-state index is 0.133. The first-order chi connectivity index (χ1) is 11.6. The lowest BCUT2D eigenvalue weighted by molar-refractivity contribution is 0.208. The van der Waals surface area contributed by atoms with E-state index in [0.717, 1.165) is 18.8 Å². The van der Waals surface area contributed by atoms with E-state index in [-0.39, 0.29) is 11.8 Å². The number of anilines is 2. The minimum Gasteiger partial charge on any atom is -0.508 e. The summed E-state index contributed by atoms with van der Waals surface area (Å²) in [6.07, 6.45) is 0.682. The maximum absolute atomic E-state index is 12.5. The lowest BCUT2D eigenvalue weighted by Gasteiger charge is -2.36. The van der Waals surface area contributed by atoms with Crippen LogP contribution in [0.4, 0.5) is 16.2 Å². The number of nitrogens with zero attached hydrogens (tertiary/aromatic N) is 3. The van der Waals surface area contributed by atoms with Crippen molar-refractivity contribution < 1.29 is 14.4 Å². The van der Waals surface area contributed by atoms with Crippen molar-refractivity contribution in [3.05, 3.63) is 35.7 Å². The van der Waals surface area contributed by atoms with Crippen molar-refractivity contribution in [1.82, 2.24) is 10.1 Å². The number of benzene rings is 1. The standard InChI is InChI=1S/C17H22N4O3/c1-3-15-16(12(2)19-24-15)18-17(23)21-9-7-20(8-10-21)13-5-4-6-14(22)11-13/h4-6,11,22H,3,7-10H2,1-2H3,(H,18,23). The van der Waals surface area contributed by atoms with Crippen molar-refractivity contribution in [2.24, 2.45) is 0 Å². The number of phenols is 1. The molecule has 7 nitrogen and oxygen atoms in total. The fourth-order valence-electron chi connectivity index (χ4n) is 2.86. The third-order valence-corrected chi connectivity index (χ3v) is 4.25. The Kier molecular flexibility index (Phi) is 4.59. The van der Waals surface area contributed by atoms with E-state index in [1.54, 1.807) is 17.0 Å². The number of aryl methyl sites for hydroxylation is 2. The third-order valence-electron chi connectivity index (χ3n) is 4.25. The van der Waals surface area contributed by atoms with Gasteiger partial charge < -0.3 is 24.7 Å². The molecule has 0 atom stereocenters. The highest BCUT2D eigenvalue weighted by molar-refractivity contribution is 5.90. The Labute approximate surface area is 140 Å². The van der Waals surface area contributed by atoms with Gasteiger partial charge in [0.2, 0.25) is 0 Å². The molecular formula is C17H22N4O3. The zero-order chi connectivity index (χ0) is 17.1. The summed E-state index contributed by atoms with van der Waals surface area (Å²) in [4.78, 5) is 16.4. The number of carbonyl (C=O) groups is 1. The van der Waals surface area contributed by atoms with Gasteiger partial charge in [-0.3, -0.25) is 0 Å². The number of nitrogens with one attached hydrogen (secondary N) is 1. The number of piperazine rings is 1. The average molecular weight is 330 g/mol. The average Bonchev–Trinajstić information content (AvgIpc) is 2.95. The second kappa shape index (κ2) is 6.82. The molecule has 128 valence electrons. The van der Waals surface area contributed by atoms with Crippen molar-refractivity contribution in [2.45, 2.75) is 20.3 Å². The smallest absolute Gasteiger partial charge is 0.322 e. The molecule has 2 amide bonds. The lowest BCUT2D eigenvalue weighted by atomic mass is 10.2. The van der Waals surface area contributed by atoms with Gasteiger partial charge in [-0.1, -0.05) is 18.1 Å². The molecule has 1 aliphatic rings. The molecule has 1 fully saturated rings. The van der Waals surface area contributed by atoms with Crippen LogP contribution in [0.3, 0.4) is 0 Å². The van der Waals surface area contributed by atoms with Crippen LogP contribution in [0.15, 0.2) is 28.8 Å². The number of hydrogen-bond donors (Lipinski definition) is 2. The Bertz CT molecular complexity index is 720. The van der Waals surface area contributed by atoms with E-state index >= 15 is 0 Å². The highest BCUT2D eigenvalue weighted by Crippen LogP contribution is 2.23. The maximum Gasteiger partial charge on any atom is 0.322 e. The van der Waals surface area contributed by atoms with Gasteiger partial charge >= 0.3 is 6.03 Å². The van der Waals surface area contributed by atoms with Gasteiger partial charge in [0.15, 0.2) is 5.76 Å². The molecular weight excluding hydrogens is 308 g/mol. The van der Waals surface area contributed by atoms with E-state index in [0.29, 0.717) is 36.7 Å². The summed E-state index contributed by atoms with van der Waals surface area (Å²) in [7, 11) is 0. The van der Waals surface area contributed by atoms with Gasteiger partial charge in [0, 0.05) is 44.4 Å². The van der Waals surface area contributed by atoms with Crippen LogP contribution in [-0.2, 0) is 6.42 Å². The van der Waals surface area contributed by atoms with Gasteiger partial charge in [-0.05, 0) is 19.1 Å². The third kappa shape index (κ3) is 3.29. The van der Waals surface area contributed by atoms with Gasteiger partial charge in [0.25, 0.3) is 0 Å². The Hall–Kier alpha value is -2.70. The normalized spacial score (nSPS) is 14.8. The molecule has 0 spiro atoms. The number of hydrogen-bond acceptors (Lipinski definition) is 5. The van der Waals surface area contributed by atoms with Gasteiger partial charge in [-0.15, -0.1) is 0 Å². The molecule has 1 aromatic carbocycles. The highest BCUT2D eigenvalue weighted by atomic mass is 16.5. The Balaban J connectivity index is 1.60. The summed E-state index contributed by atoms with van der Waals surface area (Å²) < 4.78 is 5.20. The predicted molar refractivity (Wildman–Crippen MR) is 91.5 cm³/mol. The molecule has 1 aliphatic heterocycles. The fraction of sp³-hybridized carbons (Fsp3) is 0.412. The molecule has 1 saturated heterocycles. The zero-order valence-corrected chi connectivity index (χ0v) is 14.0. The van der Waals surface area contributed by atoms with E-state index in [1.165, 1.54) is 0 Å². The molecule has 2 heterocycles. The molecule has 7 heteroatoms. The number of rotatable bonds is 3. The monoisotopic (exact) mass is 330 g/mol. The summed E-state index contributed by atoms with van der Waals surface area (Å²) in [6, 6.07) is 7.05. The predicted octanol–water partition coefficient (Wildman–Crippen LogP) is 2.61. The highest BCUT2D eigenvalue weighted by Gasteiger charge is 2.23. The molecule has 0 bridgehead atoms. The van der Waals surface area contributed by atoms with E-state index < -0.39 is 0 Å². The summed E-state index contributed by atoms with van der Waals surface area (Å²) in [5, 5.41) is 16.4. The molecule has 2 N–H and O–H groups in total. The summed E-state index contributed by atoms with van der Waals surface area (Å²) >= 11 is 0. The minimum atomic E-state index is -0.133. The van der Waals surface area contributed by atoms with Crippen LogP contribution in [0, 0.1) is 6.92 Å². The second-order valence-corrected chi connectivity index (χ2v) is 5.84. The topological polar surface area (TPSA) is 81.8 Å². The molecule has 0 aliphatic carbocycles. The number of phenolic OH excluding ortho intramolecular Hbond substituents is 1. The zero-order valence-electron chi connectivity index (χ0n) is 14.0. The van der Waals surface area contributed by atoms with Gasteiger partial charge in [0.1, 0.15) is 17.1 Å². The van der Waals surface area contributed by atoms with E-state index in [2.05, 4.69) is 15.4 Å². The first-order valence-electron chi connectivity index (χ1n) is 8.13. The maximum atomic E-state index is 12.5. The van der Waals surface area contributed by atoms with Crippen molar-refractivity contribution in [3.63, 3.8) is 0 Å². The van der Waals surface area contributed by atoms with Crippen LogP contribution in [0.25, 0.3) is 0 Å². The molecule has 0 radical (unpaired) electrons. The fourth-order valence-corrected chi connectivity index (χ4v) is 2.86. The van der Waals surface area contributed by atoms with Crippen LogP contribution in [0.1, 0.15) is 18.4 Å². The summed E-state index contributed by atoms with van der Waals surface area (Å²) in [5.74, 6) is 0.946. The summed E-state index contributed by atoms with van der Waals surface area (Å²) in [5.41, 5.74) is 2.34. The molecule has 24 heavy (non-hydrogen) atoms. The number of aromatic nitrogens is 1. The van der Waals surface area contributed by atoms with Crippen LogP contribution in [-0.4, -0.2) is 47.4 Å². The van der Waals surface area contributed by atoms with Crippen LogP contribution >= 0.6 is 0 Å². The molecule has 2 aromatic rings. The van der Waals surface area contributed by atoms with E-state index in [4.69, 9.17) is 4.52 Å². The molecule has 0 unspecified atom stereocenters. The van der Waals surface area contributed by atoms with E-state index in [9.17, 15) is 9.90 Å². The number of carbonyl (C=O) groups excluding carboxylic acids is 1. The first kappa shape index (κ1) is 16.2. The van der Waals surface area contributed by atoms with Crippen LogP contribution < -0.4 is 10.2 Å². The first-order valence-corrected chi connectivity index (χ1v) is 8.13. The van der Waals surface area contributed by atoms with Crippen molar-refractivity contribution >= 4 is 17.4 Å². The van der Waals surface area contributed by atoms with Crippen molar-refractivity contribution in [1.29, 1.82) is 0 Å². The Morgan fingerprint density at radius 1 is 1.33 bits per heavy atom. The number of amides is 2. The van der Waals surface area contributed by atoms with Gasteiger partial charge in [-0.25, -0.2) is 4.79 Å². The number of aromatic hydroxyl groups is 1. The molecule has 1 aromatic heterocycles. The van der Waals surface area contributed by atoms with Gasteiger partial charge in [0.05, 0.1) is 0 Å². The Morgan fingerprint density at radius 3 is 2.75 bits per heavy atom. The van der Waals surface area contributed by atoms with Crippen molar-refractivity contribution in [2.75, 3.05) is 36.4 Å².